The highest BCUT2D eigenvalue weighted by Crippen LogP contribution is 2.30. The topological polar surface area (TPSA) is 59.1 Å². The lowest BCUT2D eigenvalue weighted by Crippen LogP contribution is -2.32. The molecule has 3 rings (SSSR count). The maximum absolute atomic E-state index is 12.9. The first kappa shape index (κ1) is 21.7. The largest absolute Gasteiger partial charge is 0.494 e. The highest BCUT2D eigenvalue weighted by atomic mass is 16.5. The maximum atomic E-state index is 12.9. The minimum atomic E-state index is -0.311. The second-order valence-corrected chi connectivity index (χ2v) is 8.55. The van der Waals surface area contributed by atoms with Gasteiger partial charge in [0, 0.05) is 5.69 Å². The number of hydrogen-bond acceptors (Lipinski definition) is 4. The number of hydrogen-bond donors (Lipinski definition) is 0. The van der Waals surface area contributed by atoms with Crippen molar-refractivity contribution in [3.63, 3.8) is 0 Å². The first-order valence-corrected chi connectivity index (χ1v) is 10.2. The summed E-state index contributed by atoms with van der Waals surface area (Å²) in [6.45, 7) is 12.8. The molecule has 0 radical (unpaired) electrons. The van der Waals surface area contributed by atoms with E-state index in [1.54, 1.807) is 24.3 Å². The average molecular weight is 411 g/mol. The third kappa shape index (κ3) is 4.75. The number of ether oxygens (including phenoxy) is 2. The number of carbonyl (C=O) groups excluding carboxylic acids is 2. The summed E-state index contributed by atoms with van der Waals surface area (Å²) in [5, 5.41) is 0. The molecule has 0 bridgehead atoms. The van der Waals surface area contributed by atoms with Gasteiger partial charge in [-0.1, -0.05) is 12.1 Å². The monoisotopic (exact) mass is 410 g/mol. The molecule has 1 aliphatic heterocycles. The molecule has 30 heavy (non-hydrogen) atoms. The molecule has 0 aromatic heterocycles. The molecular formula is C24H30N2O4. The van der Waals surface area contributed by atoms with Gasteiger partial charge >= 0.3 is 6.03 Å². The van der Waals surface area contributed by atoms with Crippen molar-refractivity contribution in [3.05, 3.63) is 53.1 Å². The van der Waals surface area contributed by atoms with Crippen LogP contribution in [-0.4, -0.2) is 35.6 Å². The van der Waals surface area contributed by atoms with Gasteiger partial charge in [0.15, 0.2) is 0 Å². The highest BCUT2D eigenvalue weighted by Gasteiger charge is 2.37. The summed E-state index contributed by atoms with van der Waals surface area (Å²) in [6, 6.07) is 10.9. The molecule has 0 saturated carbocycles. The first-order valence-electron chi connectivity index (χ1n) is 10.2. The minimum absolute atomic E-state index is 0.0377. The number of urea groups is 1. The maximum Gasteiger partial charge on any atom is 0.332 e. The van der Waals surface area contributed by atoms with E-state index in [9.17, 15) is 9.59 Å². The number of amides is 3. The van der Waals surface area contributed by atoms with Crippen LogP contribution in [0.5, 0.6) is 11.5 Å². The normalized spacial score (nSPS) is 14.5. The van der Waals surface area contributed by atoms with Crippen molar-refractivity contribution in [1.82, 2.24) is 4.90 Å². The van der Waals surface area contributed by atoms with Crippen molar-refractivity contribution in [3.8, 4) is 11.5 Å². The number of aryl methyl sites for hydroxylation is 2. The smallest absolute Gasteiger partial charge is 0.332 e. The molecule has 1 heterocycles. The van der Waals surface area contributed by atoms with Crippen LogP contribution in [0.4, 0.5) is 10.5 Å². The fourth-order valence-electron chi connectivity index (χ4n) is 3.57. The third-order valence-electron chi connectivity index (χ3n) is 4.78. The lowest BCUT2D eigenvalue weighted by atomic mass is 10.0. The van der Waals surface area contributed by atoms with Crippen molar-refractivity contribution < 1.29 is 19.1 Å². The Hall–Kier alpha value is -3.02. The van der Waals surface area contributed by atoms with Crippen molar-refractivity contribution >= 4 is 17.6 Å². The predicted molar refractivity (Wildman–Crippen MR) is 117 cm³/mol. The second-order valence-electron chi connectivity index (χ2n) is 8.55. The van der Waals surface area contributed by atoms with E-state index < -0.39 is 0 Å². The van der Waals surface area contributed by atoms with Crippen LogP contribution in [0.1, 0.15) is 44.4 Å². The molecular weight excluding hydrogens is 380 g/mol. The van der Waals surface area contributed by atoms with Crippen LogP contribution in [-0.2, 0) is 11.3 Å². The minimum Gasteiger partial charge on any atom is -0.494 e. The molecule has 2 aromatic carbocycles. The van der Waals surface area contributed by atoms with Crippen molar-refractivity contribution in [2.24, 2.45) is 0 Å². The number of imide groups is 1. The molecule has 1 aliphatic rings. The van der Waals surface area contributed by atoms with Crippen molar-refractivity contribution in [2.75, 3.05) is 18.1 Å². The Morgan fingerprint density at radius 1 is 1.00 bits per heavy atom. The Morgan fingerprint density at radius 3 is 2.13 bits per heavy atom. The summed E-state index contributed by atoms with van der Waals surface area (Å²) in [5.74, 6) is 1.38. The Bertz CT molecular complexity index is 922. The lowest BCUT2D eigenvalue weighted by Gasteiger charge is -2.25. The second kappa shape index (κ2) is 8.38. The number of benzene rings is 2. The van der Waals surface area contributed by atoms with Gasteiger partial charge < -0.3 is 9.47 Å². The Labute approximate surface area is 178 Å². The first-order chi connectivity index (χ1) is 14.1. The van der Waals surface area contributed by atoms with Crippen molar-refractivity contribution in [1.29, 1.82) is 0 Å². The summed E-state index contributed by atoms with van der Waals surface area (Å²) in [4.78, 5) is 28.3. The molecule has 6 heteroatoms. The SMILES string of the molecule is CCOc1ccc(N2CC(=O)N(Cc3cc(C)c(OC(C)(C)C)c(C)c3)C2=O)cc1. The van der Waals surface area contributed by atoms with Crippen LogP contribution in [0.25, 0.3) is 0 Å². The van der Waals surface area contributed by atoms with E-state index in [-0.39, 0.29) is 30.6 Å². The fourth-order valence-corrected chi connectivity index (χ4v) is 3.57. The molecule has 0 spiro atoms. The van der Waals surface area contributed by atoms with Gasteiger partial charge in [0.25, 0.3) is 5.91 Å². The third-order valence-corrected chi connectivity index (χ3v) is 4.78. The van der Waals surface area contributed by atoms with Crippen LogP contribution in [0, 0.1) is 13.8 Å². The highest BCUT2D eigenvalue weighted by molar-refractivity contribution is 6.12. The van der Waals surface area contributed by atoms with Gasteiger partial charge in [0.05, 0.1) is 13.2 Å². The van der Waals surface area contributed by atoms with Gasteiger partial charge in [-0.3, -0.25) is 14.6 Å². The Morgan fingerprint density at radius 2 is 1.60 bits per heavy atom. The molecule has 0 N–H and O–H groups in total. The van der Waals surface area contributed by atoms with Gasteiger partial charge in [-0.05, 0) is 82.5 Å². The number of rotatable bonds is 6. The zero-order valence-electron chi connectivity index (χ0n) is 18.6. The van der Waals surface area contributed by atoms with Crippen LogP contribution in [0.2, 0.25) is 0 Å². The van der Waals surface area contributed by atoms with Crippen LogP contribution < -0.4 is 14.4 Å². The van der Waals surface area contributed by atoms with E-state index in [0.717, 1.165) is 28.2 Å². The molecule has 0 aliphatic carbocycles. The number of nitrogens with zero attached hydrogens (tertiary/aromatic N) is 2. The molecule has 1 saturated heterocycles. The molecule has 0 unspecified atom stereocenters. The van der Waals surface area contributed by atoms with Gasteiger partial charge in [-0.15, -0.1) is 0 Å². The lowest BCUT2D eigenvalue weighted by molar-refractivity contribution is -0.125. The molecule has 6 nitrogen and oxygen atoms in total. The van der Waals surface area contributed by atoms with E-state index in [2.05, 4.69) is 0 Å². The van der Waals surface area contributed by atoms with Crippen molar-refractivity contribution in [2.45, 2.75) is 53.7 Å². The van der Waals surface area contributed by atoms with E-state index in [0.29, 0.717) is 12.3 Å². The summed E-state index contributed by atoms with van der Waals surface area (Å²) in [6.07, 6.45) is 0. The van der Waals surface area contributed by atoms with Gasteiger partial charge in [0.2, 0.25) is 0 Å². The summed E-state index contributed by atoms with van der Waals surface area (Å²) in [7, 11) is 0. The summed E-state index contributed by atoms with van der Waals surface area (Å²) >= 11 is 0. The van der Waals surface area contributed by atoms with Gasteiger partial charge in [-0.2, -0.15) is 0 Å². The molecule has 2 aromatic rings. The molecule has 1 fully saturated rings. The summed E-state index contributed by atoms with van der Waals surface area (Å²) < 4.78 is 11.5. The Kier molecular flexibility index (Phi) is 6.06. The number of carbonyl (C=O) groups is 2. The van der Waals surface area contributed by atoms with E-state index in [4.69, 9.17) is 9.47 Å². The van der Waals surface area contributed by atoms with Crippen LogP contribution in [0.15, 0.2) is 36.4 Å². The van der Waals surface area contributed by atoms with Gasteiger partial charge in [-0.25, -0.2) is 4.79 Å². The average Bonchev–Trinajstić information content (AvgIpc) is 2.93. The molecule has 3 amide bonds. The quantitative estimate of drug-likeness (QED) is 0.639. The van der Waals surface area contributed by atoms with Crippen LogP contribution >= 0.6 is 0 Å². The zero-order valence-corrected chi connectivity index (χ0v) is 18.6. The molecule has 0 atom stereocenters. The number of anilines is 1. The zero-order chi connectivity index (χ0) is 22.1. The fraction of sp³-hybridized carbons (Fsp3) is 0.417. The summed E-state index contributed by atoms with van der Waals surface area (Å²) in [5.41, 5.74) is 3.27. The standard InChI is InChI=1S/C24H30N2O4/c1-7-29-20-10-8-19(9-11-20)25-15-21(27)26(23(25)28)14-18-12-16(2)22(17(3)13-18)30-24(4,5)6/h8-13H,7,14-15H2,1-6H3. The van der Waals surface area contributed by atoms with E-state index >= 15 is 0 Å². The predicted octanol–water partition coefficient (Wildman–Crippen LogP) is 4.85. The van der Waals surface area contributed by atoms with Crippen LogP contribution in [0.3, 0.4) is 0 Å². The van der Waals surface area contributed by atoms with E-state index in [1.807, 2.05) is 53.7 Å². The van der Waals surface area contributed by atoms with E-state index in [1.165, 1.54) is 9.80 Å². The molecule has 160 valence electrons. The Balaban J connectivity index is 1.77. The van der Waals surface area contributed by atoms with Gasteiger partial charge in [0.1, 0.15) is 23.6 Å².